The highest BCUT2D eigenvalue weighted by atomic mass is 16.5. The van der Waals surface area contributed by atoms with Gasteiger partial charge in [0, 0.05) is 24.7 Å². The number of hydrogen-bond donors (Lipinski definition) is 0. The molecule has 0 spiro atoms. The summed E-state index contributed by atoms with van der Waals surface area (Å²) >= 11 is 0. The summed E-state index contributed by atoms with van der Waals surface area (Å²) in [7, 11) is 0. The summed E-state index contributed by atoms with van der Waals surface area (Å²) < 4.78 is 5.29. The van der Waals surface area contributed by atoms with Gasteiger partial charge in [0.25, 0.3) is 0 Å². The minimum absolute atomic E-state index is 0.161. The summed E-state index contributed by atoms with van der Waals surface area (Å²) in [5, 5.41) is 0. The lowest BCUT2D eigenvalue weighted by Gasteiger charge is -2.21. The molecule has 0 N–H and O–H groups in total. The molecule has 16 heavy (non-hydrogen) atoms. The van der Waals surface area contributed by atoms with Crippen LogP contribution in [0.1, 0.15) is 34.3 Å². The van der Waals surface area contributed by atoms with Crippen LogP contribution >= 0.6 is 0 Å². The smallest absolute Gasteiger partial charge is 0.166 e. The first-order valence-corrected chi connectivity index (χ1v) is 5.87. The molecule has 1 aromatic carbocycles. The zero-order valence-electron chi connectivity index (χ0n) is 9.95. The molecule has 0 radical (unpaired) electrons. The maximum absolute atomic E-state index is 12.3. The van der Waals surface area contributed by atoms with Crippen LogP contribution in [0.2, 0.25) is 0 Å². The molecule has 1 heterocycles. The van der Waals surface area contributed by atoms with Gasteiger partial charge in [-0.05, 0) is 38.3 Å². The molecule has 2 heteroatoms. The van der Waals surface area contributed by atoms with E-state index in [2.05, 4.69) is 6.07 Å². The van der Waals surface area contributed by atoms with E-state index in [0.29, 0.717) is 5.78 Å². The van der Waals surface area contributed by atoms with Crippen molar-refractivity contribution in [2.24, 2.45) is 5.92 Å². The van der Waals surface area contributed by atoms with Crippen molar-refractivity contribution < 1.29 is 9.53 Å². The van der Waals surface area contributed by atoms with E-state index >= 15 is 0 Å². The second-order valence-corrected chi connectivity index (χ2v) is 4.57. The molecule has 1 aliphatic rings. The lowest BCUT2D eigenvalue weighted by Crippen LogP contribution is -2.24. The summed E-state index contributed by atoms with van der Waals surface area (Å²) in [5.74, 6) is 0.457. The van der Waals surface area contributed by atoms with Crippen LogP contribution in [0.3, 0.4) is 0 Å². The zero-order chi connectivity index (χ0) is 11.5. The van der Waals surface area contributed by atoms with Crippen molar-refractivity contribution in [3.05, 3.63) is 34.9 Å². The number of carbonyl (C=O) groups is 1. The molecule has 0 aliphatic carbocycles. The average molecular weight is 218 g/mol. The highest BCUT2D eigenvalue weighted by Crippen LogP contribution is 2.22. The Morgan fingerprint density at radius 3 is 2.62 bits per heavy atom. The van der Waals surface area contributed by atoms with Crippen LogP contribution in [0.5, 0.6) is 0 Å². The number of carbonyl (C=O) groups excluding carboxylic acids is 1. The van der Waals surface area contributed by atoms with Crippen molar-refractivity contribution >= 4 is 5.78 Å². The van der Waals surface area contributed by atoms with Crippen LogP contribution in [0.15, 0.2) is 18.2 Å². The van der Waals surface area contributed by atoms with E-state index in [1.807, 2.05) is 26.0 Å². The van der Waals surface area contributed by atoms with Gasteiger partial charge in [-0.3, -0.25) is 4.79 Å². The Morgan fingerprint density at radius 1 is 1.25 bits per heavy atom. The Labute approximate surface area is 96.6 Å². The van der Waals surface area contributed by atoms with Crippen LogP contribution in [0, 0.1) is 19.8 Å². The van der Waals surface area contributed by atoms with Gasteiger partial charge < -0.3 is 4.74 Å². The number of aryl methyl sites for hydroxylation is 2. The number of Topliss-reactive ketones (excluding diaryl/α,β-unsaturated/α-hetero) is 1. The Hall–Kier alpha value is -1.15. The second kappa shape index (κ2) is 4.79. The minimum Gasteiger partial charge on any atom is -0.381 e. The molecule has 1 fully saturated rings. The Bertz CT molecular complexity index is 390. The van der Waals surface area contributed by atoms with Gasteiger partial charge in [0.15, 0.2) is 5.78 Å². The monoisotopic (exact) mass is 218 g/mol. The number of rotatable bonds is 2. The fourth-order valence-electron chi connectivity index (χ4n) is 2.18. The van der Waals surface area contributed by atoms with E-state index in [1.54, 1.807) is 0 Å². The molecule has 0 aromatic heterocycles. The Balaban J connectivity index is 2.22. The molecule has 2 nitrogen and oxygen atoms in total. The Morgan fingerprint density at radius 2 is 1.94 bits per heavy atom. The van der Waals surface area contributed by atoms with Crippen molar-refractivity contribution in [2.45, 2.75) is 26.7 Å². The molecular formula is C14H18O2. The van der Waals surface area contributed by atoms with Crippen molar-refractivity contribution in [1.82, 2.24) is 0 Å². The summed E-state index contributed by atoms with van der Waals surface area (Å²) in [5.41, 5.74) is 3.13. The molecule has 86 valence electrons. The predicted molar refractivity (Wildman–Crippen MR) is 63.8 cm³/mol. The van der Waals surface area contributed by atoms with Gasteiger partial charge in [-0.25, -0.2) is 0 Å². The summed E-state index contributed by atoms with van der Waals surface area (Å²) in [6.45, 7) is 5.48. The van der Waals surface area contributed by atoms with E-state index < -0.39 is 0 Å². The number of benzene rings is 1. The third-order valence-corrected chi connectivity index (χ3v) is 3.25. The van der Waals surface area contributed by atoms with Crippen molar-refractivity contribution in [3.63, 3.8) is 0 Å². The molecule has 2 rings (SSSR count). The van der Waals surface area contributed by atoms with Gasteiger partial charge in [-0.1, -0.05) is 17.7 Å². The lowest BCUT2D eigenvalue weighted by atomic mass is 9.88. The van der Waals surface area contributed by atoms with Crippen LogP contribution in [-0.2, 0) is 4.74 Å². The first-order valence-electron chi connectivity index (χ1n) is 5.87. The normalized spacial score (nSPS) is 17.4. The molecule has 0 saturated carbocycles. The molecule has 0 amide bonds. The van der Waals surface area contributed by atoms with Crippen LogP contribution < -0.4 is 0 Å². The average Bonchev–Trinajstić information content (AvgIpc) is 2.32. The third kappa shape index (κ3) is 2.33. The van der Waals surface area contributed by atoms with E-state index in [1.165, 1.54) is 0 Å². The largest absolute Gasteiger partial charge is 0.381 e. The summed E-state index contributed by atoms with van der Waals surface area (Å²) in [6.07, 6.45) is 1.73. The highest BCUT2D eigenvalue weighted by Gasteiger charge is 2.23. The van der Waals surface area contributed by atoms with Gasteiger partial charge in [-0.2, -0.15) is 0 Å². The van der Waals surface area contributed by atoms with Crippen LogP contribution in [0.4, 0.5) is 0 Å². The fraction of sp³-hybridized carbons (Fsp3) is 0.500. The van der Waals surface area contributed by atoms with Gasteiger partial charge in [0.1, 0.15) is 0 Å². The molecule has 0 unspecified atom stereocenters. The second-order valence-electron chi connectivity index (χ2n) is 4.57. The lowest BCUT2D eigenvalue weighted by molar-refractivity contribution is 0.0544. The summed E-state index contributed by atoms with van der Waals surface area (Å²) in [6, 6.07) is 6.09. The quantitative estimate of drug-likeness (QED) is 0.713. The predicted octanol–water partition coefficient (Wildman–Crippen LogP) is 2.91. The van der Waals surface area contributed by atoms with Gasteiger partial charge in [0.2, 0.25) is 0 Å². The summed E-state index contributed by atoms with van der Waals surface area (Å²) in [4.78, 5) is 12.3. The third-order valence-electron chi connectivity index (χ3n) is 3.25. The minimum atomic E-state index is 0.161. The first kappa shape index (κ1) is 11.3. The van der Waals surface area contributed by atoms with Gasteiger partial charge in [-0.15, -0.1) is 0 Å². The first-order chi connectivity index (χ1) is 7.68. The molecule has 0 atom stereocenters. The maximum atomic E-state index is 12.3. The number of hydrogen-bond acceptors (Lipinski definition) is 2. The Kier molecular flexibility index (Phi) is 3.39. The van der Waals surface area contributed by atoms with E-state index in [9.17, 15) is 4.79 Å². The van der Waals surface area contributed by atoms with E-state index in [0.717, 1.165) is 42.7 Å². The van der Waals surface area contributed by atoms with Gasteiger partial charge in [0.05, 0.1) is 0 Å². The highest BCUT2D eigenvalue weighted by molar-refractivity contribution is 5.99. The SMILES string of the molecule is Cc1ccc(C)c(C(=O)C2CCOCC2)c1. The molecular weight excluding hydrogens is 200 g/mol. The zero-order valence-corrected chi connectivity index (χ0v) is 9.95. The number of ketones is 1. The molecule has 0 bridgehead atoms. The van der Waals surface area contributed by atoms with Crippen molar-refractivity contribution in [3.8, 4) is 0 Å². The topological polar surface area (TPSA) is 26.3 Å². The van der Waals surface area contributed by atoms with Crippen LogP contribution in [0.25, 0.3) is 0 Å². The number of ether oxygens (including phenoxy) is 1. The van der Waals surface area contributed by atoms with Gasteiger partial charge >= 0.3 is 0 Å². The molecule has 1 saturated heterocycles. The molecule has 1 aromatic rings. The maximum Gasteiger partial charge on any atom is 0.166 e. The van der Waals surface area contributed by atoms with E-state index in [4.69, 9.17) is 4.74 Å². The van der Waals surface area contributed by atoms with E-state index in [-0.39, 0.29) is 5.92 Å². The standard InChI is InChI=1S/C14H18O2/c1-10-3-4-11(2)13(9-10)14(15)12-5-7-16-8-6-12/h3-4,9,12H,5-8H2,1-2H3. The molecule has 1 aliphatic heterocycles. The van der Waals surface area contributed by atoms with Crippen LogP contribution in [-0.4, -0.2) is 19.0 Å². The fourth-order valence-corrected chi connectivity index (χ4v) is 2.18. The van der Waals surface area contributed by atoms with Crippen molar-refractivity contribution in [1.29, 1.82) is 0 Å². The van der Waals surface area contributed by atoms with Crippen molar-refractivity contribution in [2.75, 3.05) is 13.2 Å².